The highest BCUT2D eigenvalue weighted by atomic mass is 16.7. The molecule has 0 amide bonds. The van der Waals surface area contributed by atoms with E-state index in [2.05, 4.69) is 0 Å². The van der Waals surface area contributed by atoms with Crippen molar-refractivity contribution in [2.45, 2.75) is 91.3 Å². The third kappa shape index (κ3) is 12.6. The van der Waals surface area contributed by atoms with E-state index < -0.39 is 29.3 Å². The van der Waals surface area contributed by atoms with Crippen LogP contribution in [-0.4, -0.2) is 42.5 Å². The van der Waals surface area contributed by atoms with Gasteiger partial charge in [0.25, 0.3) is 0 Å². The van der Waals surface area contributed by atoms with Crippen LogP contribution in [0.25, 0.3) is 0 Å². The fourth-order valence-corrected chi connectivity index (χ4v) is 2.00. The van der Waals surface area contributed by atoms with E-state index in [1.807, 2.05) is 13.8 Å². The Balaban J connectivity index is 4.38. The lowest BCUT2D eigenvalue weighted by Gasteiger charge is -2.28. The Bertz CT molecular complexity index is 415. The van der Waals surface area contributed by atoms with Crippen molar-refractivity contribution < 1.29 is 33.3 Å². The van der Waals surface area contributed by atoms with Crippen molar-refractivity contribution >= 4 is 18.1 Å². The summed E-state index contributed by atoms with van der Waals surface area (Å²) < 4.78 is 20.6. The van der Waals surface area contributed by atoms with Gasteiger partial charge in [-0.2, -0.15) is 0 Å². The molecule has 0 heterocycles. The van der Waals surface area contributed by atoms with Gasteiger partial charge in [-0.15, -0.1) is 0 Å². The maximum Gasteiger partial charge on any atom is 0.509 e. The first-order chi connectivity index (χ1) is 12.0. The largest absolute Gasteiger partial charge is 0.509 e. The van der Waals surface area contributed by atoms with Gasteiger partial charge < -0.3 is 18.9 Å². The first-order valence-electron chi connectivity index (χ1n) is 9.24. The summed E-state index contributed by atoms with van der Waals surface area (Å²) in [5.41, 5.74) is -2.14. The van der Waals surface area contributed by atoms with E-state index in [0.717, 1.165) is 25.7 Å². The highest BCUT2D eigenvalue weighted by Crippen LogP contribution is 2.21. The van der Waals surface area contributed by atoms with Crippen molar-refractivity contribution in [2.75, 3.05) is 13.2 Å². The average molecular weight is 374 g/mol. The third-order valence-corrected chi connectivity index (χ3v) is 3.38. The van der Waals surface area contributed by atoms with Crippen LogP contribution in [-0.2, 0) is 28.5 Å². The van der Waals surface area contributed by atoms with Crippen LogP contribution >= 0.6 is 0 Å². The van der Waals surface area contributed by atoms with Crippen LogP contribution in [0.2, 0.25) is 0 Å². The number of carbonyl (C=O) groups is 3. The van der Waals surface area contributed by atoms with Crippen LogP contribution in [0.4, 0.5) is 4.79 Å². The molecule has 0 aromatic heterocycles. The summed E-state index contributed by atoms with van der Waals surface area (Å²) in [6.45, 7) is 11.1. The van der Waals surface area contributed by atoms with Gasteiger partial charge in [0.1, 0.15) is 11.2 Å². The minimum absolute atomic E-state index is 0.0781. The van der Waals surface area contributed by atoms with Gasteiger partial charge in [-0.1, -0.05) is 26.7 Å². The fraction of sp³-hybridized carbons (Fsp3) is 0.842. The second-order valence-electron chi connectivity index (χ2n) is 7.48. The molecule has 0 N–H and O–H groups in total. The zero-order valence-corrected chi connectivity index (χ0v) is 17.0. The molecule has 0 saturated heterocycles. The number of unbranched alkanes of at least 4 members (excludes halogenated alkanes) is 2. The highest BCUT2D eigenvalue weighted by Gasteiger charge is 2.33. The molecule has 0 aliphatic rings. The molecule has 0 radical (unpaired) electrons. The molecule has 0 unspecified atom stereocenters. The summed E-state index contributed by atoms with van der Waals surface area (Å²) in [5, 5.41) is 0. The second-order valence-corrected chi connectivity index (χ2v) is 7.48. The molecule has 7 heteroatoms. The van der Waals surface area contributed by atoms with Crippen LogP contribution in [0.15, 0.2) is 0 Å². The summed E-state index contributed by atoms with van der Waals surface area (Å²) in [7, 11) is 0. The lowest BCUT2D eigenvalue weighted by molar-refractivity contribution is -0.151. The summed E-state index contributed by atoms with van der Waals surface area (Å²) in [5.74, 6) is -0.870. The number of hydrogen-bond donors (Lipinski definition) is 0. The summed E-state index contributed by atoms with van der Waals surface area (Å²) >= 11 is 0. The molecule has 7 nitrogen and oxygen atoms in total. The van der Waals surface area contributed by atoms with Gasteiger partial charge in [-0.05, 0) is 40.5 Å². The maximum atomic E-state index is 12.0. The van der Waals surface area contributed by atoms with Crippen LogP contribution in [0.1, 0.15) is 80.1 Å². The van der Waals surface area contributed by atoms with E-state index in [-0.39, 0.29) is 12.8 Å². The Morgan fingerprint density at radius 3 is 1.35 bits per heavy atom. The van der Waals surface area contributed by atoms with Crippen molar-refractivity contribution in [3.05, 3.63) is 0 Å². The van der Waals surface area contributed by atoms with Crippen molar-refractivity contribution in [1.82, 2.24) is 0 Å². The van der Waals surface area contributed by atoms with E-state index in [1.54, 1.807) is 27.7 Å². The van der Waals surface area contributed by atoms with E-state index in [0.29, 0.717) is 13.2 Å². The van der Waals surface area contributed by atoms with E-state index >= 15 is 0 Å². The van der Waals surface area contributed by atoms with Crippen molar-refractivity contribution in [2.24, 2.45) is 0 Å². The molecule has 0 aliphatic carbocycles. The Kier molecular flexibility index (Phi) is 10.9. The lowest BCUT2D eigenvalue weighted by atomic mass is 10.1. The molecule has 0 rings (SSSR count). The summed E-state index contributed by atoms with van der Waals surface area (Å²) in [6.07, 6.45) is 2.33. The van der Waals surface area contributed by atoms with Gasteiger partial charge in [-0.25, -0.2) is 4.79 Å². The first-order valence-corrected chi connectivity index (χ1v) is 9.24. The van der Waals surface area contributed by atoms with Crippen LogP contribution < -0.4 is 0 Å². The SMILES string of the molecule is CCCCOC(=O)CC(C)(C)OC(=O)OC(C)(C)CC(=O)OCCCC. The normalized spacial score (nSPS) is 11.6. The van der Waals surface area contributed by atoms with Gasteiger partial charge in [0.05, 0.1) is 26.1 Å². The Labute approximate surface area is 156 Å². The van der Waals surface area contributed by atoms with Crippen molar-refractivity contribution in [3.63, 3.8) is 0 Å². The quantitative estimate of drug-likeness (QED) is 0.288. The summed E-state index contributed by atoms with van der Waals surface area (Å²) in [4.78, 5) is 35.5. The van der Waals surface area contributed by atoms with E-state index in [9.17, 15) is 14.4 Å². The Hall–Kier alpha value is -1.79. The zero-order chi connectivity index (χ0) is 20.2. The Morgan fingerprint density at radius 2 is 1.04 bits per heavy atom. The van der Waals surface area contributed by atoms with Gasteiger partial charge in [0.15, 0.2) is 0 Å². The summed E-state index contributed by atoms with van der Waals surface area (Å²) in [6, 6.07) is 0. The minimum Gasteiger partial charge on any atom is -0.466 e. The van der Waals surface area contributed by atoms with Gasteiger partial charge >= 0.3 is 18.1 Å². The number of esters is 2. The number of ether oxygens (including phenoxy) is 4. The molecule has 0 atom stereocenters. The molecule has 0 saturated carbocycles. The Morgan fingerprint density at radius 1 is 0.692 bits per heavy atom. The first kappa shape index (κ1) is 24.2. The molecule has 0 bridgehead atoms. The molecule has 0 aliphatic heterocycles. The molecular formula is C19H34O7. The maximum absolute atomic E-state index is 12.0. The standard InChI is InChI=1S/C19H34O7/c1-7-9-11-23-15(20)13-18(3,4)25-17(22)26-19(5,6)14-16(21)24-12-10-8-2/h7-14H2,1-6H3. The number of hydrogen-bond acceptors (Lipinski definition) is 7. The lowest BCUT2D eigenvalue weighted by Crippen LogP contribution is -2.37. The molecule has 0 aromatic rings. The zero-order valence-electron chi connectivity index (χ0n) is 17.0. The predicted octanol–water partition coefficient (Wildman–Crippen LogP) is 4.16. The molecule has 0 fully saturated rings. The van der Waals surface area contributed by atoms with Crippen molar-refractivity contribution in [3.8, 4) is 0 Å². The molecule has 152 valence electrons. The third-order valence-electron chi connectivity index (χ3n) is 3.38. The molecule has 26 heavy (non-hydrogen) atoms. The highest BCUT2D eigenvalue weighted by molar-refractivity contribution is 5.72. The van der Waals surface area contributed by atoms with Crippen LogP contribution in [0.5, 0.6) is 0 Å². The van der Waals surface area contributed by atoms with Gasteiger partial charge in [0.2, 0.25) is 0 Å². The van der Waals surface area contributed by atoms with E-state index in [4.69, 9.17) is 18.9 Å². The van der Waals surface area contributed by atoms with Gasteiger partial charge in [-0.3, -0.25) is 9.59 Å². The van der Waals surface area contributed by atoms with Crippen LogP contribution in [0.3, 0.4) is 0 Å². The molecule has 0 aromatic carbocycles. The second kappa shape index (κ2) is 11.8. The molecule has 0 spiro atoms. The number of rotatable bonds is 12. The monoisotopic (exact) mass is 374 g/mol. The van der Waals surface area contributed by atoms with E-state index in [1.165, 1.54) is 0 Å². The smallest absolute Gasteiger partial charge is 0.466 e. The topological polar surface area (TPSA) is 88.1 Å². The average Bonchev–Trinajstić information content (AvgIpc) is 2.44. The predicted molar refractivity (Wildman–Crippen MR) is 96.7 cm³/mol. The van der Waals surface area contributed by atoms with Crippen molar-refractivity contribution in [1.29, 1.82) is 0 Å². The molecular weight excluding hydrogens is 340 g/mol. The van der Waals surface area contributed by atoms with Crippen LogP contribution in [0, 0.1) is 0 Å². The fourth-order valence-electron chi connectivity index (χ4n) is 2.00. The van der Waals surface area contributed by atoms with Gasteiger partial charge in [0, 0.05) is 0 Å². The number of carbonyl (C=O) groups excluding carboxylic acids is 3. The minimum atomic E-state index is -1.07.